The molecule has 1 aromatic rings. The molecule has 0 fully saturated rings. The maximum absolute atomic E-state index is 11.9. The summed E-state index contributed by atoms with van der Waals surface area (Å²) in [4.78, 5) is 15.9. The lowest BCUT2D eigenvalue weighted by atomic mass is 9.98. The van der Waals surface area contributed by atoms with Gasteiger partial charge in [0.05, 0.1) is 37.1 Å². The number of thiazole rings is 1. The van der Waals surface area contributed by atoms with Crippen LogP contribution in [0.25, 0.3) is 0 Å². The molecule has 1 aromatic heterocycles. The highest BCUT2D eigenvalue weighted by molar-refractivity contribution is 7.92. The molecule has 1 rings (SSSR count). The van der Waals surface area contributed by atoms with E-state index in [9.17, 15) is 23.4 Å². The molecule has 0 spiro atoms. The van der Waals surface area contributed by atoms with Crippen molar-refractivity contribution in [2.24, 2.45) is 0 Å². The highest BCUT2D eigenvalue weighted by Crippen LogP contribution is 2.17. The molecule has 0 saturated heterocycles. The molecule has 0 bridgehead atoms. The zero-order valence-corrected chi connectivity index (χ0v) is 13.4. The topological polar surface area (TPSA) is 129 Å². The zero-order valence-electron chi connectivity index (χ0n) is 11.8. The fourth-order valence-corrected chi connectivity index (χ4v) is 3.10. The minimum Gasteiger partial charge on any atom is -0.394 e. The number of amides is 1. The van der Waals surface area contributed by atoms with Crippen molar-refractivity contribution in [2.75, 3.05) is 24.2 Å². The Morgan fingerprint density at radius 1 is 1.43 bits per heavy atom. The van der Waals surface area contributed by atoms with Crippen LogP contribution in [0.1, 0.15) is 19.0 Å². The van der Waals surface area contributed by atoms with E-state index in [1.807, 2.05) is 0 Å². The number of rotatable bonds is 8. The second kappa shape index (κ2) is 7.16. The summed E-state index contributed by atoms with van der Waals surface area (Å²) >= 11 is 1.07. The van der Waals surface area contributed by atoms with E-state index in [0.717, 1.165) is 17.6 Å². The lowest BCUT2D eigenvalue weighted by Crippen LogP contribution is -2.54. The predicted molar refractivity (Wildman–Crippen MR) is 79.6 cm³/mol. The Hall–Kier alpha value is -1.23. The Morgan fingerprint density at radius 3 is 2.52 bits per heavy atom. The standard InChI is InChI=1S/C11H19N3O5S2/c1-3-11(6-15,7-16)13-9(17)4-8-5-20-10(12-8)14-21(2,18)19/h5,15-16H,3-4,6-7H2,1-2H3,(H,12,14)(H,13,17). The van der Waals surface area contributed by atoms with Gasteiger partial charge in [0.1, 0.15) is 0 Å². The minimum atomic E-state index is -3.40. The average Bonchev–Trinajstić information content (AvgIpc) is 2.81. The van der Waals surface area contributed by atoms with Crippen molar-refractivity contribution in [3.8, 4) is 0 Å². The van der Waals surface area contributed by atoms with Crippen molar-refractivity contribution in [2.45, 2.75) is 25.3 Å². The quantitative estimate of drug-likeness (QED) is 0.497. The van der Waals surface area contributed by atoms with Crippen LogP contribution < -0.4 is 10.0 Å². The van der Waals surface area contributed by atoms with E-state index >= 15 is 0 Å². The van der Waals surface area contributed by atoms with Crippen LogP contribution in [0, 0.1) is 0 Å². The predicted octanol–water partition coefficient (Wildman–Crippen LogP) is -0.693. The van der Waals surface area contributed by atoms with Crippen LogP contribution in [0.15, 0.2) is 5.38 Å². The van der Waals surface area contributed by atoms with Gasteiger partial charge in [-0.05, 0) is 6.42 Å². The molecular formula is C11H19N3O5S2. The molecule has 8 nitrogen and oxygen atoms in total. The number of sulfonamides is 1. The molecule has 4 N–H and O–H groups in total. The van der Waals surface area contributed by atoms with E-state index in [1.54, 1.807) is 12.3 Å². The van der Waals surface area contributed by atoms with E-state index in [2.05, 4.69) is 15.0 Å². The first-order valence-electron chi connectivity index (χ1n) is 6.18. The van der Waals surface area contributed by atoms with E-state index < -0.39 is 21.5 Å². The molecule has 0 saturated carbocycles. The number of hydrogen-bond acceptors (Lipinski definition) is 7. The number of aromatic nitrogens is 1. The molecule has 0 aliphatic rings. The molecule has 21 heavy (non-hydrogen) atoms. The van der Waals surface area contributed by atoms with Crippen LogP contribution in [0.5, 0.6) is 0 Å². The van der Waals surface area contributed by atoms with Crippen molar-refractivity contribution in [3.63, 3.8) is 0 Å². The molecule has 10 heteroatoms. The van der Waals surface area contributed by atoms with E-state index in [-0.39, 0.29) is 24.8 Å². The Balaban J connectivity index is 2.67. The summed E-state index contributed by atoms with van der Waals surface area (Å²) < 4.78 is 24.3. The smallest absolute Gasteiger partial charge is 0.231 e. The van der Waals surface area contributed by atoms with Gasteiger partial charge in [0.15, 0.2) is 5.13 Å². The van der Waals surface area contributed by atoms with Crippen molar-refractivity contribution in [1.82, 2.24) is 10.3 Å². The molecular weight excluding hydrogens is 318 g/mol. The van der Waals surface area contributed by atoms with E-state index in [1.165, 1.54) is 0 Å². The van der Waals surface area contributed by atoms with Crippen molar-refractivity contribution in [1.29, 1.82) is 0 Å². The number of nitrogens with one attached hydrogen (secondary N) is 2. The summed E-state index contributed by atoms with van der Waals surface area (Å²) in [7, 11) is -3.40. The molecule has 0 atom stereocenters. The maximum atomic E-state index is 11.9. The third-order valence-electron chi connectivity index (χ3n) is 2.85. The van der Waals surface area contributed by atoms with Crippen LogP contribution in [-0.4, -0.2) is 54.5 Å². The van der Waals surface area contributed by atoms with Gasteiger partial charge in [0.2, 0.25) is 15.9 Å². The Labute approximate surface area is 127 Å². The van der Waals surface area contributed by atoms with Gasteiger partial charge in [-0.15, -0.1) is 11.3 Å². The minimum absolute atomic E-state index is 0.0658. The number of hydrogen-bond donors (Lipinski definition) is 4. The lowest BCUT2D eigenvalue weighted by molar-refractivity contribution is -0.123. The number of aliphatic hydroxyl groups is 2. The van der Waals surface area contributed by atoms with Crippen molar-refractivity contribution in [3.05, 3.63) is 11.1 Å². The third kappa shape index (κ3) is 5.58. The average molecular weight is 337 g/mol. The van der Waals surface area contributed by atoms with Gasteiger partial charge in [-0.25, -0.2) is 13.4 Å². The second-order valence-electron chi connectivity index (χ2n) is 4.69. The number of carbonyl (C=O) groups excluding carboxylic acids is 1. The Morgan fingerprint density at radius 2 is 2.05 bits per heavy atom. The molecule has 0 aliphatic heterocycles. The fraction of sp³-hybridized carbons (Fsp3) is 0.636. The van der Waals surface area contributed by atoms with Crippen molar-refractivity contribution < 1.29 is 23.4 Å². The molecule has 1 heterocycles. The summed E-state index contributed by atoms with van der Waals surface area (Å²) in [6, 6.07) is 0. The van der Waals surface area contributed by atoms with Gasteiger partial charge in [-0.3, -0.25) is 9.52 Å². The van der Waals surface area contributed by atoms with Crippen LogP contribution >= 0.6 is 11.3 Å². The third-order valence-corrected chi connectivity index (χ3v) is 4.35. The number of carbonyl (C=O) groups is 1. The lowest BCUT2D eigenvalue weighted by Gasteiger charge is -2.29. The van der Waals surface area contributed by atoms with Crippen LogP contribution in [0.2, 0.25) is 0 Å². The van der Waals surface area contributed by atoms with Crippen LogP contribution in [0.3, 0.4) is 0 Å². The molecule has 0 aromatic carbocycles. The molecule has 120 valence electrons. The van der Waals surface area contributed by atoms with Crippen LogP contribution in [0.4, 0.5) is 5.13 Å². The fourth-order valence-electron chi connectivity index (χ4n) is 1.54. The SMILES string of the molecule is CCC(CO)(CO)NC(=O)Cc1csc(NS(C)(=O)=O)n1. The van der Waals surface area contributed by atoms with Crippen molar-refractivity contribution >= 4 is 32.4 Å². The van der Waals surface area contributed by atoms with Gasteiger partial charge < -0.3 is 15.5 Å². The number of anilines is 1. The summed E-state index contributed by atoms with van der Waals surface area (Å²) in [5, 5.41) is 22.8. The molecule has 0 aliphatic carbocycles. The van der Waals surface area contributed by atoms with Gasteiger partial charge in [0.25, 0.3) is 0 Å². The van der Waals surface area contributed by atoms with Gasteiger partial charge >= 0.3 is 0 Å². The number of nitrogens with zero attached hydrogens (tertiary/aromatic N) is 1. The van der Waals surface area contributed by atoms with Gasteiger partial charge in [0, 0.05) is 5.38 Å². The summed E-state index contributed by atoms with van der Waals surface area (Å²) in [6.45, 7) is 0.997. The first-order chi connectivity index (χ1) is 9.73. The molecule has 0 unspecified atom stereocenters. The van der Waals surface area contributed by atoms with Gasteiger partial charge in [-0.2, -0.15) is 0 Å². The Bertz CT molecular complexity index is 572. The van der Waals surface area contributed by atoms with E-state index in [0.29, 0.717) is 12.1 Å². The highest BCUT2D eigenvalue weighted by Gasteiger charge is 2.28. The normalized spacial score (nSPS) is 12.2. The number of aliphatic hydroxyl groups excluding tert-OH is 2. The zero-order chi connectivity index (χ0) is 16.1. The Kier molecular flexibility index (Phi) is 6.08. The highest BCUT2D eigenvalue weighted by atomic mass is 32.2. The summed E-state index contributed by atoms with van der Waals surface area (Å²) in [6.07, 6.45) is 1.33. The largest absolute Gasteiger partial charge is 0.394 e. The summed E-state index contributed by atoms with van der Waals surface area (Å²) in [5.41, 5.74) is -0.648. The summed E-state index contributed by atoms with van der Waals surface area (Å²) in [5.74, 6) is -0.406. The molecule has 0 radical (unpaired) electrons. The molecule has 1 amide bonds. The first-order valence-corrected chi connectivity index (χ1v) is 8.95. The van der Waals surface area contributed by atoms with Crippen LogP contribution in [-0.2, 0) is 21.2 Å². The first kappa shape index (κ1) is 17.8. The van der Waals surface area contributed by atoms with Gasteiger partial charge in [-0.1, -0.05) is 6.92 Å². The maximum Gasteiger partial charge on any atom is 0.231 e. The monoisotopic (exact) mass is 337 g/mol. The van der Waals surface area contributed by atoms with E-state index in [4.69, 9.17) is 0 Å². The second-order valence-corrected chi connectivity index (χ2v) is 7.30.